The third-order valence-electron chi connectivity index (χ3n) is 3.07. The molecule has 0 saturated heterocycles. The Kier molecular flexibility index (Phi) is 8.29. The largest absolute Gasteiger partial charge is 1.00 e. The van der Waals surface area contributed by atoms with Crippen molar-refractivity contribution in [1.82, 2.24) is 4.90 Å². The van der Waals surface area contributed by atoms with E-state index in [1.54, 1.807) is 6.92 Å². The average molecular weight is 316 g/mol. The van der Waals surface area contributed by atoms with E-state index in [1.165, 1.54) is 12.2 Å². The van der Waals surface area contributed by atoms with E-state index in [-0.39, 0.29) is 49.0 Å². The van der Waals surface area contributed by atoms with E-state index in [0.29, 0.717) is 4.90 Å². The van der Waals surface area contributed by atoms with Crippen molar-refractivity contribution in [3.8, 4) is 0 Å². The Morgan fingerprint density at radius 2 is 1.91 bits per heavy atom. The molecule has 1 rings (SSSR count). The summed E-state index contributed by atoms with van der Waals surface area (Å²) >= 11 is 0. The predicted molar refractivity (Wildman–Crippen MR) is 72.8 cm³/mol. The summed E-state index contributed by atoms with van der Waals surface area (Å²) in [5.41, 5.74) is -1.55. The smallest absolute Gasteiger partial charge is 0.846 e. The van der Waals surface area contributed by atoms with Gasteiger partial charge >= 0.3 is 35.5 Å². The molecule has 7 nitrogen and oxygen atoms in total. The Morgan fingerprint density at radius 1 is 1.36 bits per heavy atom. The number of hydrogen-bond acceptors (Lipinski definition) is 5. The number of aliphatic imine (C=N–C) groups is 1. The predicted octanol–water partition coefficient (Wildman–Crippen LogP) is -3.22. The van der Waals surface area contributed by atoms with Gasteiger partial charge in [-0.1, -0.05) is 12.2 Å². The van der Waals surface area contributed by atoms with Crippen LogP contribution in [0.25, 0.3) is 0 Å². The summed E-state index contributed by atoms with van der Waals surface area (Å²) in [5.74, 6) is -2.35. The Bertz CT molecular complexity index is 505. The van der Waals surface area contributed by atoms with Gasteiger partial charge in [0.25, 0.3) is 5.91 Å². The average Bonchev–Trinajstić information content (AvgIpc) is 2.42. The number of allylic oxidation sites excluding steroid dienone is 2. The number of rotatable bonds is 7. The molecule has 1 aliphatic rings. The molecule has 0 radical (unpaired) electrons. The van der Waals surface area contributed by atoms with Gasteiger partial charge in [0.2, 0.25) is 5.91 Å². The number of carbonyl (C=O) groups is 3. The van der Waals surface area contributed by atoms with E-state index in [0.717, 1.165) is 0 Å². The molecule has 0 aromatic rings. The van der Waals surface area contributed by atoms with Crippen LogP contribution in [0.3, 0.4) is 0 Å². The van der Waals surface area contributed by atoms with Crippen molar-refractivity contribution in [2.45, 2.75) is 19.8 Å². The number of hydrogen-bond donors (Lipinski definition) is 0. The number of esters is 1. The van der Waals surface area contributed by atoms with Crippen LogP contribution < -0.4 is 34.7 Å². The van der Waals surface area contributed by atoms with E-state index in [1.807, 2.05) is 0 Å². The Labute approximate surface area is 151 Å². The van der Waals surface area contributed by atoms with Gasteiger partial charge < -0.3 is 9.84 Å². The number of carbonyl (C=O) groups excluding carboxylic acids is 3. The van der Waals surface area contributed by atoms with Crippen molar-refractivity contribution in [3.05, 3.63) is 25.3 Å². The molecule has 0 aromatic heterocycles. The molecule has 0 spiro atoms. The molecule has 0 aliphatic carbocycles. The Hall–Kier alpha value is -1.44. The van der Waals surface area contributed by atoms with Crippen LogP contribution in [0.2, 0.25) is 0 Å². The molecule has 0 bridgehead atoms. The van der Waals surface area contributed by atoms with Gasteiger partial charge in [0.15, 0.2) is 0 Å². The van der Waals surface area contributed by atoms with E-state index >= 15 is 0 Å². The summed E-state index contributed by atoms with van der Waals surface area (Å²) in [7, 11) is 0. The minimum atomic E-state index is -1.55. The van der Waals surface area contributed by atoms with Crippen LogP contribution in [0.4, 0.5) is 0 Å². The molecule has 0 atom stereocenters. The molecule has 2 amide bonds. The van der Waals surface area contributed by atoms with Crippen LogP contribution in [-0.2, 0) is 19.1 Å². The molecular weight excluding hydrogens is 299 g/mol. The Balaban J connectivity index is 0.00000441. The third-order valence-corrected chi connectivity index (χ3v) is 3.07. The van der Waals surface area contributed by atoms with Crippen molar-refractivity contribution in [2.75, 3.05) is 13.2 Å². The molecule has 0 saturated carbocycles. The van der Waals surface area contributed by atoms with Gasteiger partial charge in [-0.05, 0) is 19.8 Å². The maximum Gasteiger partial charge on any atom is 1.00 e. The fourth-order valence-electron chi connectivity index (χ4n) is 2.09. The summed E-state index contributed by atoms with van der Waals surface area (Å²) in [6.45, 7) is 8.17. The minimum Gasteiger partial charge on any atom is -0.846 e. The molecule has 0 aromatic carbocycles. The van der Waals surface area contributed by atoms with E-state index in [4.69, 9.17) is 4.74 Å². The molecule has 1 heterocycles. The zero-order valence-electron chi connectivity index (χ0n) is 12.8. The third kappa shape index (κ3) is 4.06. The zero-order chi connectivity index (χ0) is 16.0. The molecule has 0 fully saturated rings. The molecular formula is C14H17N2NaO5. The maximum absolute atomic E-state index is 12.5. The normalized spacial score (nSPS) is 16.4. The Morgan fingerprint density at radius 3 is 2.36 bits per heavy atom. The second kappa shape index (κ2) is 8.87. The summed E-state index contributed by atoms with van der Waals surface area (Å²) < 4.78 is 4.70. The van der Waals surface area contributed by atoms with Crippen molar-refractivity contribution in [2.24, 2.45) is 10.4 Å². The van der Waals surface area contributed by atoms with E-state index < -0.39 is 35.8 Å². The number of amidine groups is 1. The van der Waals surface area contributed by atoms with E-state index in [2.05, 4.69) is 18.2 Å². The first-order chi connectivity index (χ1) is 9.92. The standard InChI is InChI=1S/C14H18N2O5.Na/c1-4-7-14(8-5-2)11(18)15-13(20)16(12(14)19)9-10(17)21-6-3;/h4-5H,1-2,6-9H2,3H3,(H,15,18,20);/q;+1/p-1. The van der Waals surface area contributed by atoms with Crippen molar-refractivity contribution in [1.29, 1.82) is 0 Å². The summed E-state index contributed by atoms with van der Waals surface area (Å²) in [4.78, 5) is 40.0. The molecule has 1 aliphatic heterocycles. The van der Waals surface area contributed by atoms with Crippen molar-refractivity contribution in [3.63, 3.8) is 0 Å². The maximum atomic E-state index is 12.5. The number of ether oxygens (including phenoxy) is 1. The summed E-state index contributed by atoms with van der Waals surface area (Å²) in [5, 5.41) is 11.7. The van der Waals surface area contributed by atoms with Gasteiger partial charge in [0.05, 0.1) is 12.6 Å². The topological polar surface area (TPSA) is 99.1 Å². The fraction of sp³-hybridized carbons (Fsp3) is 0.429. The monoisotopic (exact) mass is 316 g/mol. The first-order valence-electron chi connectivity index (χ1n) is 6.42. The van der Waals surface area contributed by atoms with Crippen molar-refractivity contribution < 1.29 is 53.8 Å². The second-order valence-electron chi connectivity index (χ2n) is 4.46. The SMILES string of the molecule is C=CCC1(CC=C)C(=O)N=C([O-])N(CC(=O)OCC)C1=O.[Na+]. The molecule has 22 heavy (non-hydrogen) atoms. The van der Waals surface area contributed by atoms with Gasteiger partial charge in [-0.15, -0.1) is 13.2 Å². The van der Waals surface area contributed by atoms with Gasteiger partial charge in [-0.25, -0.2) is 4.99 Å². The zero-order valence-corrected chi connectivity index (χ0v) is 14.8. The van der Waals surface area contributed by atoms with Crippen LogP contribution in [0, 0.1) is 5.41 Å². The molecule has 0 N–H and O–H groups in total. The van der Waals surface area contributed by atoms with Gasteiger partial charge in [0.1, 0.15) is 12.0 Å². The first kappa shape index (κ1) is 20.6. The molecule has 0 unspecified atom stereocenters. The number of nitrogens with zero attached hydrogens (tertiary/aromatic N) is 2. The summed E-state index contributed by atoms with van der Waals surface area (Å²) in [6, 6.07) is -1.05. The van der Waals surface area contributed by atoms with Gasteiger partial charge in [-0.3, -0.25) is 19.3 Å². The van der Waals surface area contributed by atoms with Crippen LogP contribution in [0.5, 0.6) is 0 Å². The summed E-state index contributed by atoms with van der Waals surface area (Å²) in [6.07, 6.45) is 2.81. The fourth-order valence-corrected chi connectivity index (χ4v) is 2.09. The van der Waals surface area contributed by atoms with Gasteiger partial charge in [0, 0.05) is 0 Å². The first-order valence-corrected chi connectivity index (χ1v) is 6.42. The van der Waals surface area contributed by atoms with Crippen LogP contribution in [0.15, 0.2) is 30.3 Å². The number of amides is 2. The molecule has 8 heteroatoms. The van der Waals surface area contributed by atoms with Crippen LogP contribution in [0.1, 0.15) is 19.8 Å². The van der Waals surface area contributed by atoms with Crippen LogP contribution >= 0.6 is 0 Å². The second-order valence-corrected chi connectivity index (χ2v) is 4.46. The molecule has 114 valence electrons. The van der Waals surface area contributed by atoms with Gasteiger partial charge in [-0.2, -0.15) is 0 Å². The van der Waals surface area contributed by atoms with E-state index in [9.17, 15) is 19.5 Å². The van der Waals surface area contributed by atoms with Crippen molar-refractivity contribution >= 4 is 23.8 Å². The quantitative estimate of drug-likeness (QED) is 0.213. The minimum absolute atomic E-state index is 0. The van der Waals surface area contributed by atoms with Crippen LogP contribution in [-0.4, -0.2) is 41.9 Å².